The van der Waals surface area contributed by atoms with Crippen molar-refractivity contribution in [3.63, 3.8) is 0 Å². The van der Waals surface area contributed by atoms with Crippen LogP contribution in [-0.4, -0.2) is 42.8 Å². The van der Waals surface area contributed by atoms with Gasteiger partial charge in [-0.05, 0) is 71.3 Å². The van der Waals surface area contributed by atoms with Gasteiger partial charge in [-0.1, -0.05) is 58.4 Å². The van der Waals surface area contributed by atoms with Crippen LogP contribution in [0, 0.1) is 5.92 Å². The number of ether oxygens (including phenoxy) is 3. The number of nitrogens with two attached hydrogens (primary N) is 1. The number of carbonyl (C=O) groups is 1. The van der Waals surface area contributed by atoms with E-state index in [1.54, 1.807) is 26.6 Å². The third-order valence-corrected chi connectivity index (χ3v) is 9.14. The second kappa shape index (κ2) is 14.4. The first-order valence-corrected chi connectivity index (χ1v) is 16.3. The molecule has 0 amide bonds. The summed E-state index contributed by atoms with van der Waals surface area (Å²) in [4.78, 5) is 31.9. The first-order chi connectivity index (χ1) is 22.8. The number of Topliss-reactive ketones (excluding diaryl/α,β-unsaturated/α-hetero) is 1. The summed E-state index contributed by atoms with van der Waals surface area (Å²) in [5, 5.41) is 0. The number of hydrogen-bond acceptors (Lipinski definition) is 7. The van der Waals surface area contributed by atoms with Crippen LogP contribution in [0.25, 0.3) is 33.4 Å². The number of rotatable bonds is 10. The SMILES string of the molecule is COc1ccc(-c2cnc(N)c(-c3ccc(CC(=O)c4cn(CC5CCOCC5)cc(-c5ccc(Br)cc5)c4=O)cc3)c2)cc1OC. The molecule has 1 fully saturated rings. The van der Waals surface area contributed by atoms with E-state index in [1.807, 2.05) is 83.6 Å². The second-order valence-corrected chi connectivity index (χ2v) is 12.6. The third kappa shape index (κ3) is 7.32. The molecule has 2 N–H and O–H groups in total. The number of benzene rings is 3. The summed E-state index contributed by atoms with van der Waals surface area (Å²) in [5.41, 5.74) is 11.7. The van der Waals surface area contributed by atoms with Gasteiger partial charge in [-0.3, -0.25) is 9.59 Å². The Morgan fingerprint density at radius 3 is 2.23 bits per heavy atom. The number of nitrogen functional groups attached to an aromatic ring is 1. The number of nitrogens with zero attached hydrogens (tertiary/aromatic N) is 2. The van der Waals surface area contributed by atoms with Crippen molar-refractivity contribution in [1.82, 2.24) is 9.55 Å². The topological polar surface area (TPSA) is 106 Å². The lowest BCUT2D eigenvalue weighted by Gasteiger charge is -2.23. The van der Waals surface area contributed by atoms with Gasteiger partial charge in [0.2, 0.25) is 0 Å². The molecule has 0 radical (unpaired) electrons. The molecule has 0 saturated carbocycles. The number of carbonyl (C=O) groups excluding carboxylic acids is 1. The third-order valence-electron chi connectivity index (χ3n) is 8.61. The Labute approximate surface area is 282 Å². The zero-order chi connectivity index (χ0) is 32.9. The van der Waals surface area contributed by atoms with Crippen molar-refractivity contribution in [3.05, 3.63) is 117 Å². The highest BCUT2D eigenvalue weighted by Gasteiger charge is 2.20. The fourth-order valence-electron chi connectivity index (χ4n) is 5.96. The normalized spacial score (nSPS) is 13.3. The molecule has 1 aliphatic rings. The highest BCUT2D eigenvalue weighted by Crippen LogP contribution is 2.35. The van der Waals surface area contributed by atoms with Crippen LogP contribution in [0.1, 0.15) is 28.8 Å². The second-order valence-electron chi connectivity index (χ2n) is 11.7. The minimum Gasteiger partial charge on any atom is -0.493 e. The predicted molar refractivity (Wildman–Crippen MR) is 188 cm³/mol. The maximum Gasteiger partial charge on any atom is 0.200 e. The van der Waals surface area contributed by atoms with Gasteiger partial charge < -0.3 is 24.5 Å². The van der Waals surface area contributed by atoms with Crippen molar-refractivity contribution in [2.45, 2.75) is 25.8 Å². The molecular weight excluding hydrogens is 658 g/mol. The Morgan fingerprint density at radius 1 is 0.872 bits per heavy atom. The van der Waals surface area contributed by atoms with Gasteiger partial charge in [-0.15, -0.1) is 0 Å². The Bertz CT molecular complexity index is 1950. The summed E-state index contributed by atoms with van der Waals surface area (Å²) in [5.74, 6) is 1.86. The molecule has 6 rings (SSSR count). The Kier molecular flexibility index (Phi) is 9.84. The van der Waals surface area contributed by atoms with E-state index in [4.69, 9.17) is 19.9 Å². The van der Waals surface area contributed by atoms with Crippen LogP contribution in [0.2, 0.25) is 0 Å². The molecule has 5 aromatic rings. The van der Waals surface area contributed by atoms with E-state index in [0.29, 0.717) is 28.8 Å². The van der Waals surface area contributed by atoms with Crippen LogP contribution in [-0.2, 0) is 17.7 Å². The number of anilines is 1. The fraction of sp³-hybridized carbons (Fsp3) is 0.237. The van der Waals surface area contributed by atoms with Crippen LogP contribution < -0.4 is 20.6 Å². The molecule has 0 unspecified atom stereocenters. The van der Waals surface area contributed by atoms with Gasteiger partial charge in [-0.2, -0.15) is 0 Å². The lowest BCUT2D eigenvalue weighted by Crippen LogP contribution is -2.25. The molecule has 0 aliphatic carbocycles. The van der Waals surface area contributed by atoms with E-state index in [0.717, 1.165) is 70.5 Å². The number of pyridine rings is 2. The van der Waals surface area contributed by atoms with Gasteiger partial charge in [0.15, 0.2) is 22.7 Å². The number of methoxy groups -OCH3 is 2. The van der Waals surface area contributed by atoms with E-state index in [1.165, 1.54) is 0 Å². The smallest absolute Gasteiger partial charge is 0.200 e. The molecule has 0 atom stereocenters. The molecule has 1 aliphatic heterocycles. The lowest BCUT2D eigenvalue weighted by atomic mass is 9.96. The van der Waals surface area contributed by atoms with Crippen molar-refractivity contribution < 1.29 is 19.0 Å². The predicted octanol–water partition coefficient (Wildman–Crippen LogP) is 7.46. The first kappa shape index (κ1) is 32.2. The Hall–Kier alpha value is -4.73. The highest BCUT2D eigenvalue weighted by atomic mass is 79.9. The molecule has 240 valence electrons. The Balaban J connectivity index is 1.26. The summed E-state index contributed by atoms with van der Waals surface area (Å²) in [6.45, 7) is 2.18. The number of ketones is 1. The Morgan fingerprint density at radius 2 is 1.53 bits per heavy atom. The summed E-state index contributed by atoms with van der Waals surface area (Å²) in [6, 6.07) is 22.9. The van der Waals surface area contributed by atoms with E-state index in [-0.39, 0.29) is 23.2 Å². The molecule has 9 heteroatoms. The van der Waals surface area contributed by atoms with E-state index >= 15 is 0 Å². The van der Waals surface area contributed by atoms with Crippen molar-refractivity contribution in [3.8, 4) is 44.9 Å². The molecule has 3 heterocycles. The van der Waals surface area contributed by atoms with Crippen LogP contribution in [0.3, 0.4) is 0 Å². The average molecular weight is 695 g/mol. The van der Waals surface area contributed by atoms with Crippen molar-refractivity contribution in [2.75, 3.05) is 33.2 Å². The molecule has 0 bridgehead atoms. The standard InChI is InChI=1S/C38H36BrN3O5/c1-45-35-12-9-28(19-36(35)46-2)29-18-31(38(40)41-20-29)26-5-3-24(4-6-26)17-34(43)33-23-42(21-25-13-15-47-16-14-25)22-32(37(33)44)27-7-10-30(39)11-8-27/h3-12,18-20,22-23,25H,13-17,21H2,1-2H3,(H2,40,41). The largest absolute Gasteiger partial charge is 0.493 e. The van der Waals surface area contributed by atoms with Gasteiger partial charge in [0.1, 0.15) is 5.82 Å². The van der Waals surface area contributed by atoms with Gasteiger partial charge in [0, 0.05) is 65.9 Å². The van der Waals surface area contributed by atoms with Gasteiger partial charge in [0.05, 0.1) is 19.8 Å². The fourth-order valence-corrected chi connectivity index (χ4v) is 6.22. The van der Waals surface area contributed by atoms with Crippen molar-refractivity contribution >= 4 is 27.5 Å². The molecule has 2 aromatic heterocycles. The molecular formula is C38H36BrN3O5. The summed E-state index contributed by atoms with van der Waals surface area (Å²) in [7, 11) is 3.20. The van der Waals surface area contributed by atoms with Crippen molar-refractivity contribution in [1.29, 1.82) is 0 Å². The van der Waals surface area contributed by atoms with E-state index < -0.39 is 0 Å². The molecule has 1 saturated heterocycles. The summed E-state index contributed by atoms with van der Waals surface area (Å²) < 4.78 is 19.3. The van der Waals surface area contributed by atoms with E-state index in [2.05, 4.69) is 20.9 Å². The van der Waals surface area contributed by atoms with E-state index in [9.17, 15) is 9.59 Å². The molecule has 47 heavy (non-hydrogen) atoms. The number of aromatic nitrogens is 2. The maximum absolute atomic E-state index is 13.7. The monoisotopic (exact) mass is 693 g/mol. The summed E-state index contributed by atoms with van der Waals surface area (Å²) >= 11 is 3.47. The zero-order valence-corrected chi connectivity index (χ0v) is 28.0. The van der Waals surface area contributed by atoms with Crippen LogP contribution in [0.5, 0.6) is 11.5 Å². The quantitative estimate of drug-likeness (QED) is 0.151. The van der Waals surface area contributed by atoms with Crippen molar-refractivity contribution in [2.24, 2.45) is 5.92 Å². The lowest BCUT2D eigenvalue weighted by molar-refractivity contribution is 0.0612. The number of halogens is 1. The minimum absolute atomic E-state index is 0.0932. The van der Waals surface area contributed by atoms with Crippen LogP contribution in [0.4, 0.5) is 5.82 Å². The molecule has 0 spiro atoms. The summed E-state index contributed by atoms with van der Waals surface area (Å²) in [6.07, 6.45) is 7.32. The first-order valence-electron chi connectivity index (χ1n) is 15.5. The van der Waals surface area contributed by atoms with Gasteiger partial charge in [-0.25, -0.2) is 4.98 Å². The van der Waals surface area contributed by atoms with Gasteiger partial charge in [0.25, 0.3) is 0 Å². The molecule has 3 aromatic carbocycles. The van der Waals surface area contributed by atoms with Crippen LogP contribution >= 0.6 is 15.9 Å². The molecule has 8 nitrogen and oxygen atoms in total. The zero-order valence-electron chi connectivity index (χ0n) is 26.4. The minimum atomic E-state index is -0.261. The number of hydrogen-bond donors (Lipinski definition) is 1. The van der Waals surface area contributed by atoms with Crippen LogP contribution in [0.15, 0.2) is 101 Å². The maximum atomic E-state index is 13.7. The van der Waals surface area contributed by atoms with Gasteiger partial charge >= 0.3 is 0 Å². The highest BCUT2D eigenvalue weighted by molar-refractivity contribution is 9.10. The average Bonchev–Trinajstić information content (AvgIpc) is 3.10.